The molecule has 3 aromatic rings. The summed E-state index contributed by atoms with van der Waals surface area (Å²) in [5.41, 5.74) is 0.361. The third-order valence-corrected chi connectivity index (χ3v) is 4.76. The monoisotopic (exact) mass is 392 g/mol. The Labute approximate surface area is 166 Å². The van der Waals surface area contributed by atoms with Crippen LogP contribution in [0.2, 0.25) is 0 Å². The Bertz CT molecular complexity index is 1160. The number of carbonyl (C=O) groups is 1. The number of rotatable bonds is 4. The van der Waals surface area contributed by atoms with E-state index in [2.05, 4.69) is 4.90 Å². The molecule has 0 spiro atoms. The molecule has 0 saturated carbocycles. The molecule has 4 rings (SSSR count). The smallest absolute Gasteiger partial charge is 0.351 e. The molecule has 1 saturated heterocycles. The molecular weight excluding hydrogens is 372 g/mol. The molecule has 1 fully saturated rings. The largest absolute Gasteiger partial charge is 0.507 e. The number of ether oxygens (including phenoxy) is 1. The Morgan fingerprint density at radius 2 is 1.97 bits per heavy atom. The quantitative estimate of drug-likeness (QED) is 0.539. The normalized spacial score (nSPS) is 14.6. The number of hydrogen-bond acceptors (Lipinski definition) is 7. The molecule has 2 aromatic heterocycles. The number of ketones is 1. The maximum absolute atomic E-state index is 12.6. The molecule has 1 aromatic carbocycles. The van der Waals surface area contributed by atoms with Crippen molar-refractivity contribution in [1.82, 2.24) is 4.98 Å². The predicted molar refractivity (Wildman–Crippen MR) is 110 cm³/mol. The van der Waals surface area contributed by atoms with Crippen LogP contribution in [0.25, 0.3) is 17.0 Å². The minimum atomic E-state index is -0.859. The van der Waals surface area contributed by atoms with Gasteiger partial charge in [-0.1, -0.05) is 18.2 Å². The Kier molecular flexibility index (Phi) is 5.14. The summed E-state index contributed by atoms with van der Waals surface area (Å²) in [6.45, 7) is 4.13. The Morgan fingerprint density at radius 3 is 2.72 bits per heavy atom. The third kappa shape index (κ3) is 3.90. The first-order chi connectivity index (χ1) is 14.0. The van der Waals surface area contributed by atoms with Crippen molar-refractivity contribution in [3.63, 3.8) is 0 Å². The highest BCUT2D eigenvalue weighted by Crippen LogP contribution is 2.26. The van der Waals surface area contributed by atoms with Gasteiger partial charge in [0.25, 0.3) is 0 Å². The van der Waals surface area contributed by atoms with Gasteiger partial charge in [0.2, 0.25) is 0 Å². The number of aryl methyl sites for hydroxylation is 1. The van der Waals surface area contributed by atoms with Gasteiger partial charge < -0.3 is 19.2 Å². The summed E-state index contributed by atoms with van der Waals surface area (Å²) in [4.78, 5) is 31.4. The molecule has 1 N–H and O–H groups in total. The topological polar surface area (TPSA) is 92.9 Å². The molecule has 7 heteroatoms. The summed E-state index contributed by atoms with van der Waals surface area (Å²) >= 11 is 0. The zero-order valence-corrected chi connectivity index (χ0v) is 15.9. The lowest BCUT2D eigenvalue weighted by Crippen LogP contribution is -2.37. The van der Waals surface area contributed by atoms with E-state index >= 15 is 0 Å². The van der Waals surface area contributed by atoms with Gasteiger partial charge in [0, 0.05) is 30.1 Å². The SMILES string of the molecule is Cc1cc(O)c(C(=O)/C=C/c2cc3ccccc3nc2N2CCOCC2)c(=O)o1. The van der Waals surface area contributed by atoms with Crippen LogP contribution in [0, 0.1) is 6.92 Å². The first-order valence-corrected chi connectivity index (χ1v) is 9.31. The number of aromatic hydroxyl groups is 1. The van der Waals surface area contributed by atoms with Crippen molar-refractivity contribution in [3.8, 4) is 5.75 Å². The fourth-order valence-corrected chi connectivity index (χ4v) is 3.34. The predicted octanol–water partition coefficient (Wildman–Crippen LogP) is 2.93. The average Bonchev–Trinajstić information content (AvgIpc) is 2.71. The van der Waals surface area contributed by atoms with Crippen LogP contribution in [0.3, 0.4) is 0 Å². The summed E-state index contributed by atoms with van der Waals surface area (Å²) in [5, 5.41) is 10.9. The zero-order chi connectivity index (χ0) is 20.4. The Balaban J connectivity index is 1.74. The number of anilines is 1. The minimum Gasteiger partial charge on any atom is -0.507 e. The van der Waals surface area contributed by atoms with Gasteiger partial charge in [-0.25, -0.2) is 9.78 Å². The van der Waals surface area contributed by atoms with E-state index in [0.29, 0.717) is 26.3 Å². The van der Waals surface area contributed by atoms with Gasteiger partial charge in [-0.3, -0.25) is 4.79 Å². The number of benzene rings is 1. The maximum atomic E-state index is 12.6. The van der Waals surface area contributed by atoms with E-state index in [1.54, 1.807) is 6.08 Å². The van der Waals surface area contributed by atoms with Crippen LogP contribution in [0.1, 0.15) is 21.7 Å². The highest BCUT2D eigenvalue weighted by atomic mass is 16.5. The van der Waals surface area contributed by atoms with E-state index in [-0.39, 0.29) is 11.3 Å². The second-order valence-electron chi connectivity index (χ2n) is 6.80. The van der Waals surface area contributed by atoms with Crippen LogP contribution in [0.5, 0.6) is 5.75 Å². The van der Waals surface area contributed by atoms with E-state index in [1.807, 2.05) is 30.3 Å². The van der Waals surface area contributed by atoms with E-state index in [9.17, 15) is 14.7 Å². The van der Waals surface area contributed by atoms with Crippen LogP contribution in [-0.2, 0) is 4.74 Å². The lowest BCUT2D eigenvalue weighted by Gasteiger charge is -2.29. The summed E-state index contributed by atoms with van der Waals surface area (Å²) in [7, 11) is 0. The second kappa shape index (κ2) is 7.89. The fraction of sp³-hybridized carbons (Fsp3) is 0.227. The highest BCUT2D eigenvalue weighted by Gasteiger charge is 2.18. The maximum Gasteiger partial charge on any atom is 0.351 e. The molecule has 148 valence electrons. The van der Waals surface area contributed by atoms with Crippen molar-refractivity contribution in [2.75, 3.05) is 31.2 Å². The lowest BCUT2D eigenvalue weighted by atomic mass is 10.1. The van der Waals surface area contributed by atoms with Crippen molar-refractivity contribution < 1.29 is 19.1 Å². The van der Waals surface area contributed by atoms with Gasteiger partial charge >= 0.3 is 5.63 Å². The minimum absolute atomic E-state index is 0.237. The molecule has 3 heterocycles. The van der Waals surface area contributed by atoms with Crippen LogP contribution < -0.4 is 10.5 Å². The van der Waals surface area contributed by atoms with Gasteiger partial charge in [-0.15, -0.1) is 0 Å². The third-order valence-electron chi connectivity index (χ3n) is 4.76. The number of pyridine rings is 1. The van der Waals surface area contributed by atoms with Gasteiger partial charge in [0.1, 0.15) is 22.9 Å². The highest BCUT2D eigenvalue weighted by molar-refractivity contribution is 6.08. The number of aromatic nitrogens is 1. The first-order valence-electron chi connectivity index (χ1n) is 9.31. The van der Waals surface area contributed by atoms with Gasteiger partial charge in [-0.05, 0) is 31.2 Å². The molecule has 0 atom stereocenters. The second-order valence-corrected chi connectivity index (χ2v) is 6.80. The number of hydrogen-bond donors (Lipinski definition) is 1. The number of para-hydroxylation sites is 1. The molecule has 0 radical (unpaired) electrons. The Morgan fingerprint density at radius 1 is 1.21 bits per heavy atom. The van der Waals surface area contributed by atoms with E-state index in [1.165, 1.54) is 19.1 Å². The number of nitrogens with zero attached hydrogens (tertiary/aromatic N) is 2. The molecule has 0 unspecified atom stereocenters. The number of fused-ring (bicyclic) bond motifs is 1. The lowest BCUT2D eigenvalue weighted by molar-refractivity contribution is 0.104. The summed E-state index contributed by atoms with van der Waals surface area (Å²) in [5.74, 6) is -0.0339. The summed E-state index contributed by atoms with van der Waals surface area (Å²) in [6, 6.07) is 10.9. The van der Waals surface area contributed by atoms with Crippen LogP contribution in [-0.4, -0.2) is 42.2 Å². The van der Waals surface area contributed by atoms with Gasteiger partial charge in [0.05, 0.1) is 18.7 Å². The van der Waals surface area contributed by atoms with Crippen molar-refractivity contribution in [3.05, 3.63) is 69.8 Å². The number of allylic oxidation sites excluding steroid dienone is 1. The molecule has 0 aliphatic carbocycles. The Hall–Kier alpha value is -3.45. The van der Waals surface area contributed by atoms with Crippen LogP contribution >= 0.6 is 0 Å². The molecule has 1 aliphatic heterocycles. The number of carbonyl (C=O) groups excluding carboxylic acids is 1. The fourth-order valence-electron chi connectivity index (χ4n) is 3.34. The van der Waals surface area contributed by atoms with Crippen molar-refractivity contribution in [1.29, 1.82) is 0 Å². The summed E-state index contributed by atoms with van der Waals surface area (Å²) in [6.07, 6.45) is 2.88. The number of morpholine rings is 1. The molecular formula is C22H20N2O5. The van der Waals surface area contributed by atoms with E-state index in [0.717, 1.165) is 22.3 Å². The van der Waals surface area contributed by atoms with Crippen LogP contribution in [0.15, 0.2) is 51.7 Å². The van der Waals surface area contributed by atoms with Gasteiger partial charge in [0.15, 0.2) is 5.78 Å². The summed E-state index contributed by atoms with van der Waals surface area (Å²) < 4.78 is 10.4. The first kappa shape index (κ1) is 18.9. The molecule has 0 bridgehead atoms. The van der Waals surface area contributed by atoms with Gasteiger partial charge in [-0.2, -0.15) is 0 Å². The molecule has 7 nitrogen and oxygen atoms in total. The molecule has 29 heavy (non-hydrogen) atoms. The average molecular weight is 392 g/mol. The van der Waals surface area contributed by atoms with Crippen molar-refractivity contribution >= 4 is 28.6 Å². The standard InChI is InChI=1S/C22H20N2O5/c1-14-12-19(26)20(22(27)29-14)18(25)7-6-16-13-15-4-2-3-5-17(15)23-21(16)24-8-10-28-11-9-24/h2-7,12-13,26H,8-11H2,1H3/b7-6+. The van der Waals surface area contributed by atoms with E-state index < -0.39 is 17.2 Å². The van der Waals surface area contributed by atoms with Crippen molar-refractivity contribution in [2.24, 2.45) is 0 Å². The van der Waals surface area contributed by atoms with Crippen molar-refractivity contribution in [2.45, 2.75) is 6.92 Å². The van der Waals surface area contributed by atoms with E-state index in [4.69, 9.17) is 14.1 Å². The van der Waals surface area contributed by atoms with Crippen LogP contribution in [0.4, 0.5) is 5.82 Å². The zero-order valence-electron chi connectivity index (χ0n) is 15.9. The molecule has 1 aliphatic rings. The molecule has 0 amide bonds.